The van der Waals surface area contributed by atoms with Gasteiger partial charge in [0.1, 0.15) is 11.2 Å². The van der Waals surface area contributed by atoms with Gasteiger partial charge in [-0.1, -0.05) is 196 Å². The molecule has 0 spiro atoms. The molecular weight excluding hydrogens is 961 g/mol. The van der Waals surface area contributed by atoms with Gasteiger partial charge in [0.25, 0.3) is 0 Å². The minimum Gasteiger partial charge on any atom is -0.453 e. The van der Waals surface area contributed by atoms with Crippen LogP contribution in [0, 0.1) is 0 Å². The van der Waals surface area contributed by atoms with Crippen molar-refractivity contribution >= 4 is 110 Å². The van der Waals surface area contributed by atoms with Crippen LogP contribution in [0.4, 0.5) is 34.1 Å². The summed E-state index contributed by atoms with van der Waals surface area (Å²) in [5.74, 6) is 0. The monoisotopic (exact) mass is 1010 g/mol. The molecule has 0 aliphatic heterocycles. The van der Waals surface area contributed by atoms with Crippen LogP contribution in [0.3, 0.4) is 0 Å². The van der Waals surface area contributed by atoms with Crippen LogP contribution in [0.2, 0.25) is 0 Å². The molecule has 13 aromatic carbocycles. The Morgan fingerprint density at radius 1 is 0.278 bits per heavy atom. The molecule has 16 rings (SSSR count). The van der Waals surface area contributed by atoms with Gasteiger partial charge in [0, 0.05) is 60.8 Å². The Kier molecular flexibility index (Phi) is 9.95. The summed E-state index contributed by atoms with van der Waals surface area (Å²) in [5, 5.41) is 11.5. The molecule has 0 amide bonds. The Hall–Kier alpha value is -10.2. The topological polar surface area (TPSA) is 32.8 Å². The molecule has 0 radical (unpaired) electrons. The standard InChI is InChI=1S/C75H50N2O2/c1-75(2)65-45-52-41-55(76(53-27-11-5-12-28-53)67-35-19-33-60-69-57-31-17-15-25-50(57)43-62(73(69)78-71(60)67)47-21-7-3-8-22-47)38-37-49(52)42-64(65)59-40-39-56(46-66(59)75)77(54-29-13-6-14-30-54)68-36-20-34-61-70-58-32-18-16-26-51(58)44-63(74(70)79-72(61)68)48-23-9-4-10-24-48/h3-46H,1-2H3. The lowest BCUT2D eigenvalue weighted by atomic mass is 9.81. The van der Waals surface area contributed by atoms with Gasteiger partial charge in [-0.15, -0.1) is 0 Å². The molecule has 4 heteroatoms. The van der Waals surface area contributed by atoms with E-state index < -0.39 is 0 Å². The molecule has 2 heterocycles. The Balaban J connectivity index is 0.834. The average molecular weight is 1010 g/mol. The van der Waals surface area contributed by atoms with Crippen molar-refractivity contribution in [3.8, 4) is 33.4 Å². The highest BCUT2D eigenvalue weighted by molar-refractivity contribution is 6.26. The minimum atomic E-state index is -0.319. The molecule has 15 aromatic rings. The lowest BCUT2D eigenvalue weighted by molar-refractivity contribution is 0.661. The third kappa shape index (κ3) is 6.94. The number of hydrogen-bond acceptors (Lipinski definition) is 4. The van der Waals surface area contributed by atoms with E-state index in [0.717, 1.165) is 100 Å². The maximum absolute atomic E-state index is 7.23. The SMILES string of the molecule is CC1(C)c2cc(N(c3ccccc3)c3cccc4c3oc3c(-c5ccccc5)cc5ccccc5c34)ccc2-c2cc3ccc(N(c4ccccc4)c4cccc5c4oc4c(-c6ccccc6)cc6ccccc6c45)cc3cc21. The van der Waals surface area contributed by atoms with E-state index in [1.807, 2.05) is 0 Å². The smallest absolute Gasteiger partial charge is 0.159 e. The number of hydrogen-bond donors (Lipinski definition) is 0. The summed E-state index contributed by atoms with van der Waals surface area (Å²) in [6.45, 7) is 4.76. The third-order valence-electron chi connectivity index (χ3n) is 16.7. The maximum atomic E-state index is 7.23. The van der Waals surface area contributed by atoms with E-state index in [1.54, 1.807) is 0 Å². The van der Waals surface area contributed by atoms with Crippen molar-refractivity contribution in [3.05, 3.63) is 278 Å². The first kappa shape index (κ1) is 45.1. The molecule has 0 unspecified atom stereocenters. The molecule has 1 aliphatic carbocycles. The van der Waals surface area contributed by atoms with Crippen molar-refractivity contribution in [2.45, 2.75) is 19.3 Å². The normalized spacial score (nSPS) is 12.8. The summed E-state index contributed by atoms with van der Waals surface area (Å²) in [5.41, 5.74) is 18.9. The summed E-state index contributed by atoms with van der Waals surface area (Å²) in [6.07, 6.45) is 0. The van der Waals surface area contributed by atoms with Crippen LogP contribution >= 0.6 is 0 Å². The van der Waals surface area contributed by atoms with E-state index in [4.69, 9.17) is 8.83 Å². The van der Waals surface area contributed by atoms with E-state index in [2.05, 4.69) is 291 Å². The Labute approximate surface area is 457 Å². The van der Waals surface area contributed by atoms with Gasteiger partial charge >= 0.3 is 0 Å². The third-order valence-corrected chi connectivity index (χ3v) is 16.7. The average Bonchev–Trinajstić information content (AvgIpc) is 4.37. The lowest BCUT2D eigenvalue weighted by Crippen LogP contribution is -2.16. The Morgan fingerprint density at radius 3 is 1.24 bits per heavy atom. The first-order valence-corrected chi connectivity index (χ1v) is 27.2. The maximum Gasteiger partial charge on any atom is 0.159 e. The predicted molar refractivity (Wildman–Crippen MR) is 331 cm³/mol. The van der Waals surface area contributed by atoms with Gasteiger partial charge in [-0.2, -0.15) is 0 Å². The Morgan fingerprint density at radius 2 is 0.709 bits per heavy atom. The molecule has 0 saturated heterocycles. The summed E-state index contributed by atoms with van der Waals surface area (Å²) in [6, 6.07) is 96.5. The molecule has 0 bridgehead atoms. The number of anilines is 6. The van der Waals surface area contributed by atoms with Crippen molar-refractivity contribution < 1.29 is 8.83 Å². The van der Waals surface area contributed by atoms with Gasteiger partial charge in [-0.05, 0) is 151 Å². The van der Waals surface area contributed by atoms with Gasteiger partial charge in [0.05, 0.1) is 11.4 Å². The van der Waals surface area contributed by atoms with Crippen molar-refractivity contribution in [2.24, 2.45) is 0 Å². The fourth-order valence-corrected chi connectivity index (χ4v) is 13.0. The van der Waals surface area contributed by atoms with Crippen molar-refractivity contribution in [3.63, 3.8) is 0 Å². The number of furan rings is 2. The highest BCUT2D eigenvalue weighted by Gasteiger charge is 2.37. The van der Waals surface area contributed by atoms with E-state index in [9.17, 15) is 0 Å². The van der Waals surface area contributed by atoms with Crippen LogP contribution in [0.5, 0.6) is 0 Å². The first-order valence-electron chi connectivity index (χ1n) is 27.2. The minimum absolute atomic E-state index is 0.319. The molecule has 0 saturated carbocycles. The zero-order chi connectivity index (χ0) is 52.3. The Bertz CT molecular complexity index is 4920. The number of nitrogens with zero attached hydrogens (tertiary/aromatic N) is 2. The van der Waals surface area contributed by atoms with Crippen LogP contribution in [0.25, 0.3) is 110 Å². The molecule has 0 N–H and O–H groups in total. The second-order valence-corrected chi connectivity index (χ2v) is 21.6. The van der Waals surface area contributed by atoms with Crippen LogP contribution in [0.15, 0.2) is 276 Å². The molecule has 2 aromatic heterocycles. The van der Waals surface area contributed by atoms with E-state index >= 15 is 0 Å². The first-order chi connectivity index (χ1) is 38.9. The molecule has 79 heavy (non-hydrogen) atoms. The van der Waals surface area contributed by atoms with Gasteiger partial charge in [-0.25, -0.2) is 0 Å². The van der Waals surface area contributed by atoms with Crippen LogP contribution in [-0.2, 0) is 5.41 Å². The van der Waals surface area contributed by atoms with Crippen LogP contribution in [-0.4, -0.2) is 0 Å². The lowest BCUT2D eigenvalue weighted by Gasteiger charge is -2.28. The summed E-state index contributed by atoms with van der Waals surface area (Å²) in [4.78, 5) is 4.74. The van der Waals surface area contributed by atoms with Gasteiger partial charge in [0.2, 0.25) is 0 Å². The molecule has 372 valence electrons. The summed E-state index contributed by atoms with van der Waals surface area (Å²) < 4.78 is 14.4. The molecule has 4 nitrogen and oxygen atoms in total. The highest BCUT2D eigenvalue weighted by atomic mass is 16.3. The van der Waals surface area contributed by atoms with Gasteiger partial charge in [0.15, 0.2) is 11.2 Å². The zero-order valence-electron chi connectivity index (χ0n) is 43.6. The molecular formula is C75H50N2O2. The van der Waals surface area contributed by atoms with Crippen LogP contribution in [0.1, 0.15) is 25.0 Å². The fraction of sp³-hybridized carbons (Fsp3) is 0.0400. The second kappa shape index (κ2) is 17.4. The van der Waals surface area contributed by atoms with Crippen LogP contribution < -0.4 is 9.80 Å². The number of para-hydroxylation sites is 4. The van der Waals surface area contributed by atoms with Gasteiger partial charge in [-0.3, -0.25) is 0 Å². The number of rotatable bonds is 8. The second-order valence-electron chi connectivity index (χ2n) is 21.6. The van der Waals surface area contributed by atoms with Crippen molar-refractivity contribution in [2.75, 3.05) is 9.80 Å². The van der Waals surface area contributed by atoms with Crippen molar-refractivity contribution in [1.82, 2.24) is 0 Å². The largest absolute Gasteiger partial charge is 0.453 e. The predicted octanol–water partition coefficient (Wildman–Crippen LogP) is 21.5. The molecule has 0 fully saturated rings. The summed E-state index contributed by atoms with van der Waals surface area (Å²) in [7, 11) is 0. The van der Waals surface area contributed by atoms with E-state index in [1.165, 1.54) is 54.6 Å². The molecule has 1 aliphatic rings. The molecule has 0 atom stereocenters. The van der Waals surface area contributed by atoms with Crippen molar-refractivity contribution in [1.29, 1.82) is 0 Å². The quantitative estimate of drug-likeness (QED) is 0.152. The summed E-state index contributed by atoms with van der Waals surface area (Å²) >= 11 is 0. The number of benzene rings is 13. The van der Waals surface area contributed by atoms with E-state index in [-0.39, 0.29) is 5.41 Å². The fourth-order valence-electron chi connectivity index (χ4n) is 13.0. The highest BCUT2D eigenvalue weighted by Crippen LogP contribution is 2.54. The van der Waals surface area contributed by atoms with Gasteiger partial charge < -0.3 is 18.6 Å². The van der Waals surface area contributed by atoms with E-state index in [0.29, 0.717) is 0 Å². The number of fused-ring (bicyclic) bond motifs is 14. The zero-order valence-corrected chi connectivity index (χ0v) is 43.6.